The van der Waals surface area contributed by atoms with Crippen LogP contribution < -0.4 is 5.56 Å². The van der Waals surface area contributed by atoms with E-state index in [0.29, 0.717) is 18.0 Å². The summed E-state index contributed by atoms with van der Waals surface area (Å²) in [6.45, 7) is 1.45. The first-order valence-electron chi connectivity index (χ1n) is 10.6. The molecule has 1 amide bonds. The van der Waals surface area contributed by atoms with Crippen molar-refractivity contribution in [2.45, 2.75) is 38.0 Å². The summed E-state index contributed by atoms with van der Waals surface area (Å²) >= 11 is 0. The maximum atomic E-state index is 13.2. The molecule has 2 aliphatic rings. The lowest BCUT2D eigenvalue weighted by atomic mass is 9.88. The van der Waals surface area contributed by atoms with Crippen molar-refractivity contribution in [3.8, 4) is 11.1 Å². The van der Waals surface area contributed by atoms with Gasteiger partial charge in [-0.25, -0.2) is 0 Å². The number of amides is 1. The smallest absolute Gasteiger partial charge is 0.255 e. The minimum absolute atomic E-state index is 0.00728. The molecule has 6 nitrogen and oxygen atoms in total. The number of aromatic amines is 1. The topological polar surface area (TPSA) is 79.0 Å². The quantitative estimate of drug-likeness (QED) is 0.731. The molecule has 5 rings (SSSR count). The van der Waals surface area contributed by atoms with Crippen LogP contribution in [-0.2, 0) is 12.8 Å². The molecule has 3 aromatic rings. The molecule has 0 spiro atoms. The molecular weight excluding hydrogens is 376 g/mol. The second-order valence-electron chi connectivity index (χ2n) is 8.18. The van der Waals surface area contributed by atoms with Crippen molar-refractivity contribution in [2.24, 2.45) is 0 Å². The number of pyridine rings is 3. The lowest BCUT2D eigenvalue weighted by Gasteiger charge is -2.19. The molecule has 0 radical (unpaired) electrons. The third-order valence-corrected chi connectivity index (χ3v) is 6.36. The Kier molecular flexibility index (Phi) is 4.91. The third kappa shape index (κ3) is 3.43. The van der Waals surface area contributed by atoms with E-state index in [9.17, 15) is 9.59 Å². The van der Waals surface area contributed by atoms with E-state index in [4.69, 9.17) is 0 Å². The highest BCUT2D eigenvalue weighted by molar-refractivity contribution is 5.95. The van der Waals surface area contributed by atoms with Gasteiger partial charge in [0.25, 0.3) is 11.5 Å². The monoisotopic (exact) mass is 400 g/mol. The standard InChI is InChI=1S/C24H24N4O2/c29-23-21-4-2-1-3-20(21)22(14-27-23)18-11-19(13-26-12-18)24(30)28-10-7-17(15-28)16-5-8-25-9-6-16/h5-6,8-9,11-14,17H,1-4,7,10,15H2,(H,27,29). The van der Waals surface area contributed by atoms with Gasteiger partial charge in [-0.3, -0.25) is 19.6 Å². The largest absolute Gasteiger partial charge is 0.338 e. The van der Waals surface area contributed by atoms with E-state index in [-0.39, 0.29) is 11.5 Å². The van der Waals surface area contributed by atoms with Crippen LogP contribution in [-0.4, -0.2) is 38.8 Å². The Hall–Kier alpha value is -3.28. The first-order chi connectivity index (χ1) is 14.7. The number of nitrogens with one attached hydrogen (secondary N) is 1. The molecule has 30 heavy (non-hydrogen) atoms. The summed E-state index contributed by atoms with van der Waals surface area (Å²) in [5.41, 5.74) is 5.70. The molecule has 4 heterocycles. The molecule has 0 bridgehead atoms. The SMILES string of the molecule is O=C(c1cncc(-c2c[nH]c(=O)c3c2CCCC3)c1)N1CCC(c2ccncc2)C1. The fraction of sp³-hybridized carbons (Fsp3) is 0.333. The van der Waals surface area contributed by atoms with E-state index in [1.54, 1.807) is 31.0 Å². The predicted molar refractivity (Wildman–Crippen MR) is 114 cm³/mol. The number of nitrogens with zero attached hydrogens (tertiary/aromatic N) is 3. The molecular formula is C24H24N4O2. The lowest BCUT2D eigenvalue weighted by Crippen LogP contribution is -2.28. The maximum Gasteiger partial charge on any atom is 0.255 e. The zero-order chi connectivity index (χ0) is 20.5. The van der Waals surface area contributed by atoms with Crippen molar-refractivity contribution in [3.05, 3.63) is 81.8 Å². The Labute approximate surface area is 175 Å². The molecule has 1 atom stereocenters. The molecule has 1 unspecified atom stereocenters. The Morgan fingerprint density at radius 1 is 1.07 bits per heavy atom. The molecule has 1 aliphatic carbocycles. The van der Waals surface area contributed by atoms with Crippen LogP contribution in [0.4, 0.5) is 0 Å². The van der Waals surface area contributed by atoms with Crippen LogP contribution in [0.25, 0.3) is 11.1 Å². The van der Waals surface area contributed by atoms with Crippen molar-refractivity contribution in [1.82, 2.24) is 19.9 Å². The van der Waals surface area contributed by atoms with Gasteiger partial charge < -0.3 is 9.88 Å². The van der Waals surface area contributed by atoms with Crippen molar-refractivity contribution >= 4 is 5.91 Å². The van der Waals surface area contributed by atoms with Crippen molar-refractivity contribution in [3.63, 3.8) is 0 Å². The Bertz CT molecular complexity index is 1140. The minimum atomic E-state index is 0.00728. The molecule has 1 aliphatic heterocycles. The maximum absolute atomic E-state index is 13.2. The fourth-order valence-electron chi connectivity index (χ4n) is 4.76. The number of H-pyrrole nitrogens is 1. The summed E-state index contributed by atoms with van der Waals surface area (Å²) in [5.74, 6) is 0.360. The first kappa shape index (κ1) is 18.7. The number of hydrogen-bond donors (Lipinski definition) is 1. The third-order valence-electron chi connectivity index (χ3n) is 6.36. The van der Waals surface area contributed by atoms with Gasteiger partial charge in [0.1, 0.15) is 0 Å². The zero-order valence-corrected chi connectivity index (χ0v) is 16.8. The second-order valence-corrected chi connectivity index (χ2v) is 8.18. The molecule has 3 aromatic heterocycles. The highest BCUT2D eigenvalue weighted by atomic mass is 16.2. The van der Waals surface area contributed by atoms with Gasteiger partial charge in [-0.15, -0.1) is 0 Å². The average Bonchev–Trinajstić information content (AvgIpc) is 3.30. The Balaban J connectivity index is 1.41. The summed E-state index contributed by atoms with van der Waals surface area (Å²) in [6.07, 6.45) is 13.6. The summed E-state index contributed by atoms with van der Waals surface area (Å²) in [5, 5.41) is 0. The molecule has 0 aromatic carbocycles. The highest BCUT2D eigenvalue weighted by Crippen LogP contribution is 2.31. The average molecular weight is 400 g/mol. The van der Waals surface area contributed by atoms with Gasteiger partial charge in [0.15, 0.2) is 0 Å². The predicted octanol–water partition coefficient (Wildman–Crippen LogP) is 3.34. The van der Waals surface area contributed by atoms with Crippen molar-refractivity contribution < 1.29 is 4.79 Å². The minimum Gasteiger partial charge on any atom is -0.338 e. The van der Waals surface area contributed by atoms with Gasteiger partial charge in [0.2, 0.25) is 0 Å². The number of fused-ring (bicyclic) bond motifs is 1. The van der Waals surface area contributed by atoms with Crippen molar-refractivity contribution in [2.75, 3.05) is 13.1 Å². The Morgan fingerprint density at radius 2 is 1.87 bits per heavy atom. The zero-order valence-electron chi connectivity index (χ0n) is 16.8. The number of aromatic nitrogens is 3. The summed E-state index contributed by atoms with van der Waals surface area (Å²) < 4.78 is 0. The van der Waals surface area contributed by atoms with E-state index >= 15 is 0 Å². The normalized spacial score (nSPS) is 18.3. The van der Waals surface area contributed by atoms with Crippen LogP contribution >= 0.6 is 0 Å². The number of likely N-dealkylation sites (tertiary alicyclic amines) is 1. The molecule has 152 valence electrons. The van der Waals surface area contributed by atoms with Crippen LogP contribution in [0, 0.1) is 0 Å². The van der Waals surface area contributed by atoms with Gasteiger partial charge in [-0.1, -0.05) is 0 Å². The highest BCUT2D eigenvalue weighted by Gasteiger charge is 2.28. The first-order valence-corrected chi connectivity index (χ1v) is 10.6. The van der Waals surface area contributed by atoms with Crippen LogP contribution in [0.15, 0.2) is 54.0 Å². The number of hydrogen-bond acceptors (Lipinski definition) is 4. The van der Waals surface area contributed by atoms with Gasteiger partial charge in [0, 0.05) is 66.7 Å². The number of rotatable bonds is 3. The lowest BCUT2D eigenvalue weighted by molar-refractivity contribution is 0.0790. The second kappa shape index (κ2) is 7.86. The van der Waals surface area contributed by atoms with E-state index < -0.39 is 0 Å². The number of carbonyl (C=O) groups excluding carboxylic acids is 1. The van der Waals surface area contributed by atoms with Crippen LogP contribution in [0.5, 0.6) is 0 Å². The van der Waals surface area contributed by atoms with E-state index in [0.717, 1.165) is 60.9 Å². The fourth-order valence-corrected chi connectivity index (χ4v) is 4.76. The number of carbonyl (C=O) groups is 1. The molecule has 0 saturated carbocycles. The van der Waals surface area contributed by atoms with E-state index in [1.807, 2.05) is 23.1 Å². The molecule has 1 N–H and O–H groups in total. The van der Waals surface area contributed by atoms with Crippen molar-refractivity contribution in [1.29, 1.82) is 0 Å². The van der Waals surface area contributed by atoms with Crippen LogP contribution in [0.2, 0.25) is 0 Å². The van der Waals surface area contributed by atoms with Crippen LogP contribution in [0.1, 0.15) is 52.2 Å². The van der Waals surface area contributed by atoms with Gasteiger partial charge in [-0.2, -0.15) is 0 Å². The summed E-state index contributed by atoms with van der Waals surface area (Å²) in [7, 11) is 0. The Morgan fingerprint density at radius 3 is 2.70 bits per heavy atom. The summed E-state index contributed by atoms with van der Waals surface area (Å²) in [4.78, 5) is 38.6. The van der Waals surface area contributed by atoms with E-state index in [1.165, 1.54) is 5.56 Å². The molecule has 6 heteroatoms. The van der Waals surface area contributed by atoms with Gasteiger partial charge in [-0.05, 0) is 61.4 Å². The summed E-state index contributed by atoms with van der Waals surface area (Å²) in [6, 6.07) is 5.97. The van der Waals surface area contributed by atoms with E-state index in [2.05, 4.69) is 15.0 Å². The van der Waals surface area contributed by atoms with Gasteiger partial charge >= 0.3 is 0 Å². The van der Waals surface area contributed by atoms with Gasteiger partial charge in [0.05, 0.1) is 5.56 Å². The van der Waals surface area contributed by atoms with Crippen LogP contribution in [0.3, 0.4) is 0 Å². The molecule has 1 saturated heterocycles. The molecule has 1 fully saturated rings.